The topological polar surface area (TPSA) is 62.3 Å². The number of nitrogens with zero attached hydrogens (tertiary/aromatic N) is 2. The highest BCUT2D eigenvalue weighted by Crippen LogP contribution is 2.32. The second-order valence-corrected chi connectivity index (χ2v) is 7.07. The Morgan fingerprint density at radius 2 is 1.83 bits per heavy atom. The summed E-state index contributed by atoms with van der Waals surface area (Å²) in [7, 11) is 0. The number of pyridine rings is 1. The van der Waals surface area contributed by atoms with Gasteiger partial charge in [0.25, 0.3) is 5.91 Å². The van der Waals surface area contributed by atoms with Crippen molar-refractivity contribution in [3.8, 4) is 11.1 Å². The van der Waals surface area contributed by atoms with Gasteiger partial charge in [0.2, 0.25) is 5.91 Å². The normalized spacial score (nSPS) is 12.5. The first kappa shape index (κ1) is 18.9. The van der Waals surface area contributed by atoms with Gasteiger partial charge >= 0.3 is 0 Å². The smallest absolute Gasteiger partial charge is 0.251 e. The van der Waals surface area contributed by atoms with Gasteiger partial charge in [-0.15, -0.1) is 0 Å². The average molecular weight is 385 g/mol. The molecule has 1 aliphatic heterocycles. The van der Waals surface area contributed by atoms with E-state index in [1.165, 1.54) is 5.56 Å². The van der Waals surface area contributed by atoms with Crippen molar-refractivity contribution in [2.45, 2.75) is 26.3 Å². The molecule has 5 heteroatoms. The van der Waals surface area contributed by atoms with E-state index in [2.05, 4.69) is 16.4 Å². The van der Waals surface area contributed by atoms with E-state index in [9.17, 15) is 9.59 Å². The van der Waals surface area contributed by atoms with E-state index in [1.807, 2.05) is 66.4 Å². The lowest BCUT2D eigenvalue weighted by molar-refractivity contribution is -0.118. The second-order valence-electron chi connectivity index (χ2n) is 7.07. The van der Waals surface area contributed by atoms with Crippen LogP contribution in [-0.4, -0.2) is 23.3 Å². The van der Waals surface area contributed by atoms with Gasteiger partial charge < -0.3 is 10.2 Å². The average Bonchev–Trinajstić information content (AvgIpc) is 3.21. The van der Waals surface area contributed by atoms with Crippen molar-refractivity contribution >= 4 is 17.5 Å². The molecule has 3 aromatic rings. The van der Waals surface area contributed by atoms with E-state index < -0.39 is 0 Å². The molecule has 0 atom stereocenters. The summed E-state index contributed by atoms with van der Waals surface area (Å²) in [5, 5.41) is 2.89. The van der Waals surface area contributed by atoms with Gasteiger partial charge in [0.05, 0.1) is 12.2 Å². The molecule has 29 heavy (non-hydrogen) atoms. The molecule has 5 nitrogen and oxygen atoms in total. The number of nitrogens with one attached hydrogen (secondary N) is 1. The molecule has 0 radical (unpaired) electrons. The Labute approximate surface area is 170 Å². The fourth-order valence-corrected chi connectivity index (χ4v) is 3.62. The maximum atomic E-state index is 12.4. The van der Waals surface area contributed by atoms with Crippen LogP contribution < -0.4 is 10.2 Å². The molecule has 2 heterocycles. The quantitative estimate of drug-likeness (QED) is 0.723. The van der Waals surface area contributed by atoms with E-state index in [0.29, 0.717) is 18.5 Å². The van der Waals surface area contributed by atoms with Crippen LogP contribution in [0.3, 0.4) is 0 Å². The summed E-state index contributed by atoms with van der Waals surface area (Å²) in [6.45, 7) is 3.04. The summed E-state index contributed by atoms with van der Waals surface area (Å²) in [6.07, 6.45) is 3.11. The molecular formula is C24H23N3O2. The molecule has 4 rings (SSSR count). The zero-order valence-corrected chi connectivity index (χ0v) is 16.4. The highest BCUT2D eigenvalue weighted by Gasteiger charge is 2.23. The van der Waals surface area contributed by atoms with Crippen molar-refractivity contribution in [1.29, 1.82) is 0 Å². The SMILES string of the molecule is CCC(=O)N1CCc2cc(-c3ccc(C(=O)NCc4ccccn4)cc3)ccc21. The molecule has 0 saturated carbocycles. The highest BCUT2D eigenvalue weighted by atomic mass is 16.2. The molecule has 1 aromatic heterocycles. The Kier molecular flexibility index (Phi) is 5.38. The zero-order valence-electron chi connectivity index (χ0n) is 16.4. The Morgan fingerprint density at radius 3 is 2.55 bits per heavy atom. The summed E-state index contributed by atoms with van der Waals surface area (Å²) in [6, 6.07) is 19.4. The van der Waals surface area contributed by atoms with Crippen LogP contribution in [0.5, 0.6) is 0 Å². The van der Waals surface area contributed by atoms with Crippen molar-refractivity contribution < 1.29 is 9.59 Å². The molecular weight excluding hydrogens is 362 g/mol. The molecule has 2 aromatic carbocycles. The van der Waals surface area contributed by atoms with Gasteiger partial charge in [0, 0.05) is 30.4 Å². The number of benzene rings is 2. The lowest BCUT2D eigenvalue weighted by Crippen LogP contribution is -2.27. The summed E-state index contributed by atoms with van der Waals surface area (Å²) < 4.78 is 0. The Morgan fingerprint density at radius 1 is 1.03 bits per heavy atom. The molecule has 0 bridgehead atoms. The van der Waals surface area contributed by atoms with Crippen molar-refractivity contribution in [3.63, 3.8) is 0 Å². The maximum absolute atomic E-state index is 12.4. The number of fused-ring (bicyclic) bond motifs is 1. The first-order chi connectivity index (χ1) is 14.2. The van der Waals surface area contributed by atoms with E-state index in [4.69, 9.17) is 0 Å². The minimum absolute atomic E-state index is 0.120. The highest BCUT2D eigenvalue weighted by molar-refractivity contribution is 5.96. The molecule has 0 fully saturated rings. The lowest BCUT2D eigenvalue weighted by atomic mass is 10.0. The van der Waals surface area contributed by atoms with Crippen molar-refractivity contribution in [2.24, 2.45) is 0 Å². The van der Waals surface area contributed by atoms with E-state index in [0.717, 1.165) is 35.5 Å². The van der Waals surface area contributed by atoms with E-state index in [-0.39, 0.29) is 11.8 Å². The number of aromatic nitrogens is 1. The van der Waals surface area contributed by atoms with Gasteiger partial charge in [-0.2, -0.15) is 0 Å². The zero-order chi connectivity index (χ0) is 20.2. The van der Waals surface area contributed by atoms with E-state index in [1.54, 1.807) is 6.20 Å². The third-order valence-corrected chi connectivity index (χ3v) is 5.22. The van der Waals surface area contributed by atoms with Gasteiger partial charge in [-0.3, -0.25) is 14.6 Å². The number of amides is 2. The second kappa shape index (κ2) is 8.27. The largest absolute Gasteiger partial charge is 0.346 e. The van der Waals surface area contributed by atoms with Crippen LogP contribution in [-0.2, 0) is 17.8 Å². The first-order valence-electron chi connectivity index (χ1n) is 9.87. The number of rotatable bonds is 5. The minimum atomic E-state index is -0.120. The van der Waals surface area contributed by atoms with Gasteiger partial charge in [0.15, 0.2) is 0 Å². The van der Waals surface area contributed by atoms with Crippen LogP contribution in [0.1, 0.15) is 35.0 Å². The Hall–Kier alpha value is -3.47. The third kappa shape index (κ3) is 4.04. The molecule has 1 aliphatic rings. The summed E-state index contributed by atoms with van der Waals surface area (Å²) >= 11 is 0. The molecule has 146 valence electrons. The van der Waals surface area contributed by atoms with Gasteiger partial charge in [-0.25, -0.2) is 0 Å². The number of carbonyl (C=O) groups is 2. The number of hydrogen-bond donors (Lipinski definition) is 1. The summed E-state index contributed by atoms with van der Waals surface area (Å²) in [4.78, 5) is 30.5. The summed E-state index contributed by atoms with van der Waals surface area (Å²) in [5.41, 5.74) is 5.80. The molecule has 0 saturated heterocycles. The Balaban J connectivity index is 1.45. The lowest BCUT2D eigenvalue weighted by Gasteiger charge is -2.16. The van der Waals surface area contributed by atoms with E-state index >= 15 is 0 Å². The number of hydrogen-bond acceptors (Lipinski definition) is 3. The number of anilines is 1. The molecule has 1 N–H and O–H groups in total. The predicted molar refractivity (Wildman–Crippen MR) is 114 cm³/mol. The van der Waals surface area contributed by atoms with Gasteiger partial charge in [-0.1, -0.05) is 31.2 Å². The monoisotopic (exact) mass is 385 g/mol. The van der Waals surface area contributed by atoms with Crippen LogP contribution in [0.15, 0.2) is 66.9 Å². The molecule has 2 amide bonds. The van der Waals surface area contributed by atoms with Crippen LogP contribution >= 0.6 is 0 Å². The fraction of sp³-hybridized carbons (Fsp3) is 0.208. The predicted octanol–water partition coefficient (Wildman–Crippen LogP) is 3.98. The van der Waals surface area contributed by atoms with Crippen LogP contribution in [0.25, 0.3) is 11.1 Å². The minimum Gasteiger partial charge on any atom is -0.346 e. The van der Waals surface area contributed by atoms with Crippen molar-refractivity contribution in [1.82, 2.24) is 10.3 Å². The van der Waals surface area contributed by atoms with Crippen LogP contribution in [0.4, 0.5) is 5.69 Å². The van der Waals surface area contributed by atoms with Gasteiger partial charge in [-0.05, 0) is 59.5 Å². The first-order valence-corrected chi connectivity index (χ1v) is 9.87. The standard InChI is InChI=1S/C24H23N3O2/c1-2-23(28)27-14-12-20-15-19(10-11-22(20)27)17-6-8-18(9-7-17)24(29)26-16-21-5-3-4-13-25-21/h3-11,13,15H,2,12,14,16H2,1H3,(H,26,29). The molecule has 0 spiro atoms. The maximum Gasteiger partial charge on any atom is 0.251 e. The van der Waals surface area contributed by atoms with Crippen molar-refractivity contribution in [2.75, 3.05) is 11.4 Å². The van der Waals surface area contributed by atoms with Crippen LogP contribution in [0.2, 0.25) is 0 Å². The fourth-order valence-electron chi connectivity index (χ4n) is 3.62. The van der Waals surface area contributed by atoms with Gasteiger partial charge in [0.1, 0.15) is 0 Å². The molecule has 0 unspecified atom stereocenters. The molecule has 0 aliphatic carbocycles. The summed E-state index contributed by atoms with van der Waals surface area (Å²) in [5.74, 6) is 0.0439. The third-order valence-electron chi connectivity index (χ3n) is 5.22. The number of carbonyl (C=O) groups excluding carboxylic acids is 2. The Bertz CT molecular complexity index is 1030. The van der Waals surface area contributed by atoms with Crippen molar-refractivity contribution in [3.05, 3.63) is 83.7 Å². The van der Waals surface area contributed by atoms with Crippen LogP contribution in [0, 0.1) is 0 Å².